The summed E-state index contributed by atoms with van der Waals surface area (Å²) < 4.78 is 0. The van der Waals surface area contributed by atoms with Crippen molar-refractivity contribution in [1.29, 1.82) is 0 Å². The molecule has 1 rings (SSSR count). The van der Waals surface area contributed by atoms with Crippen molar-refractivity contribution in [3.8, 4) is 0 Å². The molecule has 0 saturated carbocycles. The molecule has 1 N–H and O–H groups in total. The lowest BCUT2D eigenvalue weighted by Gasteiger charge is -2.06. The van der Waals surface area contributed by atoms with Gasteiger partial charge in [0.2, 0.25) is 5.91 Å². The minimum absolute atomic E-state index is 0.0750. The van der Waals surface area contributed by atoms with Gasteiger partial charge in [0, 0.05) is 16.6 Å². The van der Waals surface area contributed by atoms with Gasteiger partial charge in [0.15, 0.2) is 0 Å². The Kier molecular flexibility index (Phi) is 5.45. The number of carbonyl (C=O) groups is 2. The van der Waals surface area contributed by atoms with Crippen LogP contribution in [-0.4, -0.2) is 18.2 Å². The zero-order chi connectivity index (χ0) is 12.8. The molecule has 0 spiro atoms. The van der Waals surface area contributed by atoms with Crippen molar-refractivity contribution < 1.29 is 9.59 Å². The summed E-state index contributed by atoms with van der Waals surface area (Å²) in [4.78, 5) is 21.9. The predicted octanol–water partition coefficient (Wildman–Crippen LogP) is 2.63. The number of halogens is 2. The number of rotatable bonds is 5. The number of hydrogen-bond acceptors (Lipinski definition) is 2. The Morgan fingerprint density at radius 1 is 1.29 bits per heavy atom. The summed E-state index contributed by atoms with van der Waals surface area (Å²) in [5.41, 5.74) is 0.916. The third kappa shape index (κ3) is 5.20. The average Bonchev–Trinajstić information content (AvgIpc) is 2.20. The number of amides is 1. The lowest BCUT2D eigenvalue weighted by Crippen LogP contribution is -2.27. The lowest BCUT2D eigenvalue weighted by molar-refractivity contribution is -0.127. The van der Waals surface area contributed by atoms with Crippen molar-refractivity contribution in [2.75, 3.05) is 6.54 Å². The normalized spacial score (nSPS) is 10.1. The van der Waals surface area contributed by atoms with Gasteiger partial charge in [-0.15, -0.1) is 0 Å². The molecule has 0 saturated heterocycles. The fourth-order valence-corrected chi connectivity index (χ4v) is 1.85. The fraction of sp³-hybridized carbons (Fsp3) is 0.333. The maximum absolute atomic E-state index is 11.2. The molecule has 0 bridgehead atoms. The molecule has 0 heterocycles. The maximum atomic E-state index is 11.2. The Balaban J connectivity index is 2.41. The Morgan fingerprint density at radius 2 is 2.00 bits per heavy atom. The van der Waals surface area contributed by atoms with Crippen LogP contribution in [0.15, 0.2) is 18.2 Å². The Morgan fingerprint density at radius 3 is 2.59 bits per heavy atom. The minimum atomic E-state index is -0.261. The van der Waals surface area contributed by atoms with Crippen molar-refractivity contribution in [3.05, 3.63) is 33.8 Å². The molecule has 1 amide bonds. The quantitative estimate of drug-likeness (QED) is 0.839. The highest BCUT2D eigenvalue weighted by Gasteiger charge is 2.05. The monoisotopic (exact) mass is 273 g/mol. The van der Waals surface area contributed by atoms with Crippen LogP contribution in [0.2, 0.25) is 10.0 Å². The molecule has 0 unspecified atom stereocenters. The van der Waals surface area contributed by atoms with E-state index in [1.54, 1.807) is 12.1 Å². The molecule has 1 aromatic carbocycles. The van der Waals surface area contributed by atoms with Gasteiger partial charge in [-0.25, -0.2) is 0 Å². The SMILES string of the molecule is CC(=O)CC(=O)NCCc1ccc(Cl)cc1Cl. The summed E-state index contributed by atoms with van der Waals surface area (Å²) >= 11 is 11.7. The molecule has 0 aliphatic carbocycles. The lowest BCUT2D eigenvalue weighted by atomic mass is 10.1. The molecule has 17 heavy (non-hydrogen) atoms. The molecular weight excluding hydrogens is 261 g/mol. The van der Waals surface area contributed by atoms with E-state index in [0.29, 0.717) is 23.0 Å². The van der Waals surface area contributed by atoms with Gasteiger partial charge >= 0.3 is 0 Å². The number of benzene rings is 1. The van der Waals surface area contributed by atoms with Crippen LogP contribution in [0.5, 0.6) is 0 Å². The topological polar surface area (TPSA) is 46.2 Å². The van der Waals surface area contributed by atoms with Crippen molar-refractivity contribution in [3.63, 3.8) is 0 Å². The molecule has 92 valence electrons. The molecule has 0 aliphatic heterocycles. The Labute approximate surface area is 110 Å². The largest absolute Gasteiger partial charge is 0.355 e. The van der Waals surface area contributed by atoms with E-state index in [0.717, 1.165) is 5.56 Å². The Hall–Kier alpha value is -1.06. The summed E-state index contributed by atoms with van der Waals surface area (Å²) in [6, 6.07) is 5.23. The van der Waals surface area contributed by atoms with Crippen molar-refractivity contribution in [2.24, 2.45) is 0 Å². The summed E-state index contributed by atoms with van der Waals surface area (Å²) in [6.07, 6.45) is 0.536. The molecule has 3 nitrogen and oxygen atoms in total. The van der Waals surface area contributed by atoms with E-state index in [4.69, 9.17) is 23.2 Å². The van der Waals surface area contributed by atoms with Crippen LogP contribution < -0.4 is 5.32 Å². The third-order valence-electron chi connectivity index (χ3n) is 2.14. The van der Waals surface area contributed by atoms with E-state index in [9.17, 15) is 9.59 Å². The zero-order valence-electron chi connectivity index (χ0n) is 9.43. The molecule has 0 fully saturated rings. The summed E-state index contributed by atoms with van der Waals surface area (Å²) in [5, 5.41) is 3.82. The first-order valence-corrected chi connectivity index (χ1v) is 5.94. The van der Waals surface area contributed by atoms with Crippen LogP contribution in [-0.2, 0) is 16.0 Å². The summed E-state index contributed by atoms with van der Waals surface area (Å²) in [6.45, 7) is 1.84. The van der Waals surface area contributed by atoms with Crippen LogP contribution in [0, 0.1) is 0 Å². The second kappa shape index (κ2) is 6.62. The van der Waals surface area contributed by atoms with Gasteiger partial charge in [-0.1, -0.05) is 29.3 Å². The maximum Gasteiger partial charge on any atom is 0.227 e. The standard InChI is InChI=1S/C12H13Cl2NO2/c1-8(16)6-12(17)15-5-4-9-2-3-10(13)7-11(9)14/h2-3,7H,4-6H2,1H3,(H,15,17). The Bertz CT molecular complexity index is 433. The molecule has 0 atom stereocenters. The molecular formula is C12H13Cl2NO2. The number of carbonyl (C=O) groups excluding carboxylic acids is 2. The van der Waals surface area contributed by atoms with Gasteiger partial charge in [0.25, 0.3) is 0 Å². The fourth-order valence-electron chi connectivity index (χ4n) is 1.35. The van der Waals surface area contributed by atoms with E-state index >= 15 is 0 Å². The summed E-state index contributed by atoms with van der Waals surface area (Å²) in [5.74, 6) is -0.408. The van der Waals surface area contributed by atoms with Gasteiger partial charge in [-0.2, -0.15) is 0 Å². The zero-order valence-corrected chi connectivity index (χ0v) is 10.9. The van der Waals surface area contributed by atoms with E-state index in [1.807, 2.05) is 6.07 Å². The van der Waals surface area contributed by atoms with Crippen LogP contribution in [0.1, 0.15) is 18.9 Å². The molecule has 0 aliphatic rings. The van der Waals surface area contributed by atoms with E-state index in [2.05, 4.69) is 5.32 Å². The number of Topliss-reactive ketones (excluding diaryl/α,β-unsaturated/α-hetero) is 1. The van der Waals surface area contributed by atoms with Gasteiger partial charge in [-0.3, -0.25) is 9.59 Å². The molecule has 5 heteroatoms. The van der Waals surface area contributed by atoms with Gasteiger partial charge in [-0.05, 0) is 31.0 Å². The van der Waals surface area contributed by atoms with Crippen LogP contribution in [0.25, 0.3) is 0 Å². The van der Waals surface area contributed by atoms with E-state index < -0.39 is 0 Å². The number of hydrogen-bond donors (Lipinski definition) is 1. The molecule has 0 aromatic heterocycles. The first kappa shape index (κ1) is 14.0. The number of ketones is 1. The average molecular weight is 274 g/mol. The second-order valence-electron chi connectivity index (χ2n) is 3.71. The van der Waals surface area contributed by atoms with E-state index in [-0.39, 0.29) is 18.1 Å². The highest BCUT2D eigenvalue weighted by atomic mass is 35.5. The second-order valence-corrected chi connectivity index (χ2v) is 4.56. The van der Waals surface area contributed by atoms with Crippen LogP contribution in [0.3, 0.4) is 0 Å². The van der Waals surface area contributed by atoms with Crippen molar-refractivity contribution >= 4 is 34.9 Å². The van der Waals surface area contributed by atoms with Gasteiger partial charge in [0.1, 0.15) is 5.78 Å². The van der Waals surface area contributed by atoms with Crippen LogP contribution >= 0.6 is 23.2 Å². The van der Waals surface area contributed by atoms with E-state index in [1.165, 1.54) is 6.92 Å². The van der Waals surface area contributed by atoms with Gasteiger partial charge < -0.3 is 5.32 Å². The first-order chi connectivity index (χ1) is 7.99. The minimum Gasteiger partial charge on any atom is -0.355 e. The molecule has 0 radical (unpaired) electrons. The van der Waals surface area contributed by atoms with Gasteiger partial charge in [0.05, 0.1) is 6.42 Å². The smallest absolute Gasteiger partial charge is 0.227 e. The summed E-state index contributed by atoms with van der Waals surface area (Å²) in [7, 11) is 0. The highest BCUT2D eigenvalue weighted by molar-refractivity contribution is 6.35. The first-order valence-electron chi connectivity index (χ1n) is 5.19. The predicted molar refractivity (Wildman–Crippen MR) is 68.5 cm³/mol. The molecule has 1 aromatic rings. The van der Waals surface area contributed by atoms with Crippen molar-refractivity contribution in [1.82, 2.24) is 5.32 Å². The van der Waals surface area contributed by atoms with Crippen molar-refractivity contribution in [2.45, 2.75) is 19.8 Å². The van der Waals surface area contributed by atoms with Crippen LogP contribution in [0.4, 0.5) is 0 Å². The highest BCUT2D eigenvalue weighted by Crippen LogP contribution is 2.20. The third-order valence-corrected chi connectivity index (χ3v) is 2.73. The number of nitrogens with one attached hydrogen (secondary N) is 1.